The molecule has 0 radical (unpaired) electrons. The monoisotopic (exact) mass is 606 g/mol. The third-order valence-electron chi connectivity index (χ3n) is 7.45. The molecule has 13 heteroatoms. The first-order valence-electron chi connectivity index (χ1n) is 13.0. The number of esters is 1. The van der Waals surface area contributed by atoms with Crippen molar-refractivity contribution >= 4 is 73.7 Å². The fourth-order valence-corrected chi connectivity index (χ4v) is 7.98. The smallest absolute Gasteiger partial charge is 0.309 e. The molecule has 3 saturated heterocycles. The molecule has 1 amide bonds. The SMILES string of the molecule is CCOC(=O)C1CCN(c2ncc(C(=O)Nc3nc(-c4cc(Cl)cs4)c(N4CC5C[C@@H]4CN5)s3)cc2Cl)CC1. The van der Waals surface area contributed by atoms with Crippen LogP contribution < -0.4 is 20.4 Å². The van der Waals surface area contributed by atoms with Gasteiger partial charge in [0, 0.05) is 49.8 Å². The molecule has 3 aliphatic rings. The van der Waals surface area contributed by atoms with Gasteiger partial charge in [-0.15, -0.1) is 11.3 Å². The maximum atomic E-state index is 13.2. The first kappa shape index (κ1) is 26.8. The molecule has 2 atom stereocenters. The van der Waals surface area contributed by atoms with Crippen LogP contribution in [0.3, 0.4) is 0 Å². The van der Waals surface area contributed by atoms with Crippen LogP contribution in [-0.4, -0.2) is 66.7 Å². The highest BCUT2D eigenvalue weighted by Crippen LogP contribution is 2.45. The molecule has 3 aromatic rings. The number of piperidine rings is 1. The van der Waals surface area contributed by atoms with Crippen molar-refractivity contribution in [2.75, 3.05) is 47.9 Å². The predicted molar refractivity (Wildman–Crippen MR) is 157 cm³/mol. The number of thiazole rings is 1. The zero-order chi connectivity index (χ0) is 27.1. The van der Waals surface area contributed by atoms with Crippen molar-refractivity contribution in [2.24, 2.45) is 5.92 Å². The number of hydrogen-bond acceptors (Lipinski definition) is 10. The third-order valence-corrected chi connectivity index (χ3v) is 10.0. The number of halogens is 2. The zero-order valence-electron chi connectivity index (χ0n) is 21.3. The molecule has 6 rings (SSSR count). The molecule has 9 nitrogen and oxygen atoms in total. The van der Waals surface area contributed by atoms with Crippen molar-refractivity contribution < 1.29 is 14.3 Å². The molecule has 6 heterocycles. The Bertz CT molecular complexity index is 1390. The average molecular weight is 608 g/mol. The molecular formula is C26H28Cl2N6O3S2. The number of aromatic nitrogens is 2. The molecule has 0 spiro atoms. The highest BCUT2D eigenvalue weighted by molar-refractivity contribution is 7.21. The van der Waals surface area contributed by atoms with Crippen LogP contribution in [0, 0.1) is 5.92 Å². The maximum Gasteiger partial charge on any atom is 0.309 e. The van der Waals surface area contributed by atoms with Crippen molar-refractivity contribution in [2.45, 2.75) is 38.3 Å². The summed E-state index contributed by atoms with van der Waals surface area (Å²) < 4.78 is 5.16. The molecule has 0 aromatic carbocycles. The highest BCUT2D eigenvalue weighted by atomic mass is 35.5. The number of ether oxygens (including phenoxy) is 1. The molecule has 2 N–H and O–H groups in total. The summed E-state index contributed by atoms with van der Waals surface area (Å²) in [6.45, 7) is 5.37. The Hall–Kier alpha value is -2.44. The van der Waals surface area contributed by atoms with Crippen LogP contribution in [0.1, 0.15) is 36.5 Å². The Kier molecular flexibility index (Phi) is 7.69. The average Bonchev–Trinajstić information content (AvgIpc) is 3.73. The Morgan fingerprint density at radius 3 is 2.72 bits per heavy atom. The number of carbonyl (C=O) groups is 2. The topological polar surface area (TPSA) is 99.7 Å². The molecule has 2 bridgehead atoms. The van der Waals surface area contributed by atoms with Gasteiger partial charge >= 0.3 is 5.97 Å². The molecule has 206 valence electrons. The van der Waals surface area contributed by atoms with Gasteiger partial charge in [0.05, 0.1) is 33.0 Å². The number of rotatable bonds is 7. The van der Waals surface area contributed by atoms with E-state index in [0.29, 0.717) is 71.2 Å². The fraction of sp³-hybridized carbons (Fsp3) is 0.462. The Morgan fingerprint density at radius 1 is 1.26 bits per heavy atom. The minimum Gasteiger partial charge on any atom is -0.466 e. The summed E-state index contributed by atoms with van der Waals surface area (Å²) in [4.78, 5) is 40.0. The Balaban J connectivity index is 1.17. The number of pyridine rings is 1. The second kappa shape index (κ2) is 11.2. The molecular weight excluding hydrogens is 579 g/mol. The number of fused-ring (bicyclic) bond motifs is 2. The van der Waals surface area contributed by atoms with Crippen molar-refractivity contribution in [1.82, 2.24) is 15.3 Å². The number of nitrogens with one attached hydrogen (secondary N) is 2. The number of anilines is 3. The van der Waals surface area contributed by atoms with Crippen LogP contribution >= 0.6 is 45.9 Å². The predicted octanol–water partition coefficient (Wildman–Crippen LogP) is 5.16. The normalized spacial score (nSPS) is 21.0. The van der Waals surface area contributed by atoms with Crippen molar-refractivity contribution in [3.05, 3.63) is 39.3 Å². The number of amides is 1. The lowest BCUT2D eigenvalue weighted by Crippen LogP contribution is -2.43. The second-order valence-electron chi connectivity index (χ2n) is 9.95. The minimum absolute atomic E-state index is 0.102. The standard InChI is InChI=1S/C26H28Cl2N6O3S2/c1-2-37-25(36)14-3-5-33(6-4-14)22-19(28)7-15(10-30-22)23(35)32-26-31-21(20-8-16(27)13-38-20)24(39-26)34-12-17-9-18(34)11-29-17/h7-8,10,13-14,17-18,29H,2-6,9,11-12H2,1H3,(H,31,32,35)/t17?,18-/m1/s1. The van der Waals surface area contributed by atoms with Crippen LogP contribution in [0.4, 0.5) is 16.0 Å². The highest BCUT2D eigenvalue weighted by Gasteiger charge is 2.40. The molecule has 0 aliphatic carbocycles. The Labute approximate surface area is 244 Å². The molecule has 3 aromatic heterocycles. The van der Waals surface area contributed by atoms with E-state index in [1.165, 1.54) is 17.5 Å². The lowest BCUT2D eigenvalue weighted by atomic mass is 9.97. The van der Waals surface area contributed by atoms with E-state index < -0.39 is 0 Å². The first-order valence-corrected chi connectivity index (χ1v) is 15.5. The summed E-state index contributed by atoms with van der Waals surface area (Å²) in [6.07, 6.45) is 4.00. The van der Waals surface area contributed by atoms with Crippen LogP contribution in [0.25, 0.3) is 10.6 Å². The maximum absolute atomic E-state index is 13.2. The number of carbonyl (C=O) groups excluding carboxylic acids is 2. The van der Waals surface area contributed by atoms with E-state index in [1.54, 1.807) is 17.4 Å². The van der Waals surface area contributed by atoms with Crippen LogP contribution in [0.5, 0.6) is 0 Å². The summed E-state index contributed by atoms with van der Waals surface area (Å²) >= 11 is 15.8. The van der Waals surface area contributed by atoms with Gasteiger partial charge in [0.25, 0.3) is 5.91 Å². The summed E-state index contributed by atoms with van der Waals surface area (Å²) in [5, 5.41) is 11.0. The Morgan fingerprint density at radius 2 is 2.08 bits per heavy atom. The summed E-state index contributed by atoms with van der Waals surface area (Å²) in [5.74, 6) is 0.0439. The molecule has 3 fully saturated rings. The van der Waals surface area contributed by atoms with Gasteiger partial charge in [-0.1, -0.05) is 34.5 Å². The van der Waals surface area contributed by atoms with E-state index in [9.17, 15) is 9.59 Å². The second-order valence-corrected chi connectivity index (χ2v) is 12.7. The van der Waals surface area contributed by atoms with Gasteiger partial charge in [-0.2, -0.15) is 0 Å². The van der Waals surface area contributed by atoms with Crippen molar-refractivity contribution in [3.8, 4) is 10.6 Å². The van der Waals surface area contributed by atoms with Gasteiger partial charge in [0.15, 0.2) is 5.13 Å². The van der Waals surface area contributed by atoms with Crippen LogP contribution in [0.15, 0.2) is 23.7 Å². The third kappa shape index (κ3) is 5.47. The van der Waals surface area contributed by atoms with E-state index >= 15 is 0 Å². The van der Waals surface area contributed by atoms with Gasteiger partial charge in [-0.25, -0.2) is 9.97 Å². The van der Waals surface area contributed by atoms with E-state index in [1.807, 2.05) is 23.3 Å². The van der Waals surface area contributed by atoms with Crippen LogP contribution in [-0.2, 0) is 9.53 Å². The zero-order valence-corrected chi connectivity index (χ0v) is 24.4. The molecule has 0 saturated carbocycles. The molecule has 1 unspecified atom stereocenters. The van der Waals surface area contributed by atoms with Gasteiger partial charge in [-0.05, 0) is 38.3 Å². The summed E-state index contributed by atoms with van der Waals surface area (Å²) in [6, 6.07) is 4.46. The number of nitrogens with zero attached hydrogens (tertiary/aromatic N) is 4. The summed E-state index contributed by atoms with van der Waals surface area (Å²) in [5.41, 5.74) is 1.20. The van der Waals surface area contributed by atoms with E-state index in [2.05, 4.69) is 20.5 Å². The van der Waals surface area contributed by atoms with E-state index in [-0.39, 0.29) is 17.8 Å². The first-order chi connectivity index (χ1) is 18.9. The fourth-order valence-electron chi connectivity index (χ4n) is 5.51. The van der Waals surface area contributed by atoms with Crippen molar-refractivity contribution in [3.63, 3.8) is 0 Å². The minimum atomic E-state index is -0.322. The lowest BCUT2D eigenvalue weighted by molar-refractivity contribution is -0.148. The largest absolute Gasteiger partial charge is 0.466 e. The van der Waals surface area contributed by atoms with Gasteiger partial charge in [0.2, 0.25) is 0 Å². The lowest BCUT2D eigenvalue weighted by Gasteiger charge is -2.32. The molecule has 3 aliphatic heterocycles. The molecule has 39 heavy (non-hydrogen) atoms. The van der Waals surface area contributed by atoms with Gasteiger partial charge in [-0.3, -0.25) is 14.9 Å². The van der Waals surface area contributed by atoms with Gasteiger partial charge < -0.3 is 19.9 Å². The quantitative estimate of drug-likeness (QED) is 0.356. The summed E-state index contributed by atoms with van der Waals surface area (Å²) in [7, 11) is 0. The number of hydrogen-bond donors (Lipinski definition) is 2. The van der Waals surface area contributed by atoms with E-state index in [0.717, 1.165) is 35.1 Å². The van der Waals surface area contributed by atoms with E-state index in [4.69, 9.17) is 32.9 Å². The number of piperazine rings is 1. The van der Waals surface area contributed by atoms with Crippen LogP contribution in [0.2, 0.25) is 10.0 Å². The van der Waals surface area contributed by atoms with Crippen molar-refractivity contribution in [1.29, 1.82) is 0 Å². The van der Waals surface area contributed by atoms with Gasteiger partial charge in [0.1, 0.15) is 16.5 Å². The number of thiophene rings is 1.